The first-order valence-electron chi connectivity index (χ1n) is 9.87. The first-order chi connectivity index (χ1) is 13.1. The molecule has 0 unspecified atom stereocenters. The van der Waals surface area contributed by atoms with E-state index in [0.29, 0.717) is 0 Å². The summed E-state index contributed by atoms with van der Waals surface area (Å²) in [6.45, 7) is 4.75. The number of para-hydroxylation sites is 1. The van der Waals surface area contributed by atoms with E-state index >= 15 is 0 Å². The zero-order valence-corrected chi connectivity index (χ0v) is 15.9. The fourth-order valence-corrected chi connectivity index (χ4v) is 4.68. The van der Waals surface area contributed by atoms with Crippen molar-refractivity contribution in [1.29, 1.82) is 0 Å². The van der Waals surface area contributed by atoms with E-state index in [1.165, 1.54) is 31.2 Å². The van der Waals surface area contributed by atoms with Crippen LogP contribution >= 0.6 is 0 Å². The second-order valence-corrected chi connectivity index (χ2v) is 8.29. The van der Waals surface area contributed by atoms with Crippen LogP contribution in [0.3, 0.4) is 0 Å². The van der Waals surface area contributed by atoms with Crippen LogP contribution in [0.4, 0.5) is 0 Å². The van der Waals surface area contributed by atoms with E-state index in [9.17, 15) is 0 Å². The van der Waals surface area contributed by atoms with Crippen LogP contribution in [0.1, 0.15) is 45.1 Å². The number of fused-ring (bicyclic) bond motifs is 3. The third kappa shape index (κ3) is 2.64. The number of benzene rings is 1. The van der Waals surface area contributed by atoms with Gasteiger partial charge >= 0.3 is 0 Å². The predicted octanol–water partition coefficient (Wildman–Crippen LogP) is 6.51. The quantitative estimate of drug-likeness (QED) is 0.420. The van der Waals surface area contributed by atoms with Crippen molar-refractivity contribution in [3.8, 4) is 11.3 Å². The molecule has 1 aromatic carbocycles. The van der Waals surface area contributed by atoms with E-state index in [1.807, 2.05) is 36.8 Å². The summed E-state index contributed by atoms with van der Waals surface area (Å²) in [6.07, 6.45) is 11.1. The minimum atomic E-state index is 0.156. The largest absolute Gasteiger partial charge is 0.455 e. The van der Waals surface area contributed by atoms with Gasteiger partial charge in [0.2, 0.25) is 0 Å². The third-order valence-corrected chi connectivity index (χ3v) is 6.44. The molecule has 0 amide bonds. The second-order valence-electron chi connectivity index (χ2n) is 8.29. The summed E-state index contributed by atoms with van der Waals surface area (Å²) in [6, 6.07) is 12.5. The maximum absolute atomic E-state index is 6.18. The Morgan fingerprint density at radius 1 is 1.00 bits per heavy atom. The SMILES string of the molecule is CC(C)(c1ccnc(-c2cncc3c2oc2ccccc23)c1)C1CCCC1. The Kier molecular flexibility index (Phi) is 3.78. The molecule has 4 aromatic rings. The Bertz CT molecular complexity index is 1120. The van der Waals surface area contributed by atoms with Gasteiger partial charge < -0.3 is 4.42 Å². The molecule has 0 N–H and O–H groups in total. The summed E-state index contributed by atoms with van der Waals surface area (Å²) in [5.41, 5.74) is 5.18. The van der Waals surface area contributed by atoms with Crippen LogP contribution in [0.5, 0.6) is 0 Å². The summed E-state index contributed by atoms with van der Waals surface area (Å²) in [5.74, 6) is 0.743. The molecule has 0 atom stereocenters. The molecule has 1 saturated carbocycles. The van der Waals surface area contributed by atoms with E-state index in [-0.39, 0.29) is 5.41 Å². The third-order valence-electron chi connectivity index (χ3n) is 6.44. The Morgan fingerprint density at radius 2 is 1.81 bits per heavy atom. The van der Waals surface area contributed by atoms with Crippen molar-refractivity contribution in [1.82, 2.24) is 9.97 Å². The fraction of sp³-hybridized carbons (Fsp3) is 0.333. The smallest absolute Gasteiger partial charge is 0.147 e. The Labute approximate surface area is 159 Å². The van der Waals surface area contributed by atoms with Crippen molar-refractivity contribution in [2.75, 3.05) is 0 Å². The van der Waals surface area contributed by atoms with E-state index in [1.54, 1.807) is 0 Å². The Morgan fingerprint density at radius 3 is 2.67 bits per heavy atom. The summed E-state index contributed by atoms with van der Waals surface area (Å²) in [4.78, 5) is 9.15. The lowest BCUT2D eigenvalue weighted by Gasteiger charge is -2.32. The van der Waals surface area contributed by atoms with Gasteiger partial charge in [-0.2, -0.15) is 0 Å². The Hall–Kier alpha value is -2.68. The molecule has 27 heavy (non-hydrogen) atoms. The molecule has 136 valence electrons. The molecule has 0 spiro atoms. The van der Waals surface area contributed by atoms with Crippen molar-refractivity contribution in [3.63, 3.8) is 0 Å². The van der Waals surface area contributed by atoms with Gasteiger partial charge in [0, 0.05) is 29.4 Å². The van der Waals surface area contributed by atoms with Crippen molar-refractivity contribution in [2.45, 2.75) is 44.9 Å². The van der Waals surface area contributed by atoms with Crippen LogP contribution in [0.15, 0.2) is 59.4 Å². The van der Waals surface area contributed by atoms with Crippen LogP contribution in [-0.2, 0) is 5.41 Å². The zero-order valence-electron chi connectivity index (χ0n) is 15.9. The summed E-state index contributed by atoms with van der Waals surface area (Å²) in [7, 11) is 0. The monoisotopic (exact) mass is 356 g/mol. The highest BCUT2D eigenvalue weighted by Gasteiger charge is 2.33. The number of aromatic nitrogens is 2. The number of furan rings is 1. The lowest BCUT2D eigenvalue weighted by Crippen LogP contribution is -2.26. The number of rotatable bonds is 3. The first-order valence-corrected chi connectivity index (χ1v) is 9.87. The van der Waals surface area contributed by atoms with Crippen molar-refractivity contribution >= 4 is 21.9 Å². The summed E-state index contributed by atoms with van der Waals surface area (Å²) < 4.78 is 6.18. The van der Waals surface area contributed by atoms with Gasteiger partial charge in [0.15, 0.2) is 0 Å². The van der Waals surface area contributed by atoms with Gasteiger partial charge in [-0.15, -0.1) is 0 Å². The highest BCUT2D eigenvalue weighted by molar-refractivity contribution is 6.08. The van der Waals surface area contributed by atoms with Crippen LogP contribution in [0.25, 0.3) is 33.2 Å². The molecule has 1 fully saturated rings. The van der Waals surface area contributed by atoms with Gasteiger partial charge in [-0.3, -0.25) is 9.97 Å². The van der Waals surface area contributed by atoms with E-state index < -0.39 is 0 Å². The van der Waals surface area contributed by atoms with Gasteiger partial charge in [0.05, 0.1) is 11.3 Å². The molecule has 1 aliphatic carbocycles. The molecule has 3 aromatic heterocycles. The lowest BCUT2D eigenvalue weighted by molar-refractivity contribution is 0.325. The minimum absolute atomic E-state index is 0.156. The molecule has 0 bridgehead atoms. The van der Waals surface area contributed by atoms with Crippen molar-refractivity contribution in [3.05, 3.63) is 60.6 Å². The van der Waals surface area contributed by atoms with Crippen LogP contribution in [0, 0.1) is 5.92 Å². The summed E-state index contributed by atoms with van der Waals surface area (Å²) in [5, 5.41) is 2.15. The molecule has 5 rings (SSSR count). The molecule has 3 nitrogen and oxygen atoms in total. The van der Waals surface area contributed by atoms with Gasteiger partial charge in [-0.05, 0) is 47.9 Å². The first kappa shape index (κ1) is 16.5. The molecule has 1 aliphatic rings. The van der Waals surface area contributed by atoms with Gasteiger partial charge in [0.1, 0.15) is 11.2 Å². The molecule has 3 heteroatoms. The van der Waals surface area contributed by atoms with Gasteiger partial charge in [0.25, 0.3) is 0 Å². The standard InChI is InChI=1S/C24H24N2O/c1-24(2,16-7-3-4-8-16)17-11-12-26-21(13-17)20-15-25-14-19-18-9-5-6-10-22(18)27-23(19)20/h5-6,9-16H,3-4,7-8H2,1-2H3. The summed E-state index contributed by atoms with van der Waals surface area (Å²) >= 11 is 0. The van der Waals surface area contributed by atoms with E-state index in [4.69, 9.17) is 4.42 Å². The molecular formula is C24H24N2O. The molecule has 0 radical (unpaired) electrons. The average Bonchev–Trinajstić information content (AvgIpc) is 3.36. The number of nitrogens with zero attached hydrogens (tertiary/aromatic N) is 2. The van der Waals surface area contributed by atoms with Gasteiger partial charge in [-0.25, -0.2) is 0 Å². The molecule has 0 saturated heterocycles. The Balaban J connectivity index is 1.65. The minimum Gasteiger partial charge on any atom is -0.455 e. The fourth-order valence-electron chi connectivity index (χ4n) is 4.68. The van der Waals surface area contributed by atoms with Crippen LogP contribution < -0.4 is 0 Å². The second kappa shape index (κ2) is 6.19. The lowest BCUT2D eigenvalue weighted by atomic mass is 9.72. The topological polar surface area (TPSA) is 38.9 Å². The van der Waals surface area contributed by atoms with E-state index in [2.05, 4.69) is 42.0 Å². The highest BCUT2D eigenvalue weighted by atomic mass is 16.3. The number of hydrogen-bond acceptors (Lipinski definition) is 3. The number of hydrogen-bond donors (Lipinski definition) is 0. The molecular weight excluding hydrogens is 332 g/mol. The zero-order chi connectivity index (χ0) is 18.4. The maximum Gasteiger partial charge on any atom is 0.147 e. The van der Waals surface area contributed by atoms with Crippen LogP contribution in [-0.4, -0.2) is 9.97 Å². The molecule has 0 aliphatic heterocycles. The molecule has 3 heterocycles. The average molecular weight is 356 g/mol. The van der Waals surface area contributed by atoms with Crippen molar-refractivity contribution < 1.29 is 4.42 Å². The van der Waals surface area contributed by atoms with Crippen LogP contribution in [0.2, 0.25) is 0 Å². The van der Waals surface area contributed by atoms with Gasteiger partial charge in [-0.1, -0.05) is 44.9 Å². The normalized spacial score (nSPS) is 15.8. The maximum atomic E-state index is 6.18. The number of pyridine rings is 2. The highest BCUT2D eigenvalue weighted by Crippen LogP contribution is 2.43. The van der Waals surface area contributed by atoms with E-state index in [0.717, 1.165) is 39.1 Å². The van der Waals surface area contributed by atoms with Crippen molar-refractivity contribution in [2.24, 2.45) is 5.92 Å². The predicted molar refractivity (Wildman–Crippen MR) is 110 cm³/mol.